The van der Waals surface area contributed by atoms with E-state index >= 15 is 0 Å². The third kappa shape index (κ3) is 3.64. The van der Waals surface area contributed by atoms with E-state index in [4.69, 9.17) is 5.73 Å². The van der Waals surface area contributed by atoms with E-state index in [0.29, 0.717) is 5.41 Å². The van der Waals surface area contributed by atoms with Gasteiger partial charge in [-0.15, -0.1) is 0 Å². The Bertz CT molecular complexity index is 330. The lowest BCUT2D eigenvalue weighted by atomic mass is 9.82. The highest BCUT2D eigenvalue weighted by molar-refractivity contribution is 5.08. The van der Waals surface area contributed by atoms with E-state index in [9.17, 15) is 0 Å². The average molecular weight is 295 g/mol. The SMILES string of the molecule is CC(C)CCN(C1CCCC1)C1(CN)CC(C)(C)CC1C. The van der Waals surface area contributed by atoms with Crippen molar-refractivity contribution in [3.8, 4) is 0 Å². The minimum absolute atomic E-state index is 0.257. The summed E-state index contributed by atoms with van der Waals surface area (Å²) in [6.45, 7) is 14.1. The van der Waals surface area contributed by atoms with Gasteiger partial charge in [-0.3, -0.25) is 4.90 Å². The van der Waals surface area contributed by atoms with E-state index in [1.807, 2.05) is 0 Å². The molecular weight excluding hydrogens is 256 g/mol. The van der Waals surface area contributed by atoms with Crippen LogP contribution in [0.1, 0.15) is 79.6 Å². The molecule has 2 nitrogen and oxygen atoms in total. The summed E-state index contributed by atoms with van der Waals surface area (Å²) in [5, 5.41) is 0. The molecule has 0 aromatic heterocycles. The molecule has 0 bridgehead atoms. The van der Waals surface area contributed by atoms with Gasteiger partial charge in [-0.1, -0.05) is 47.5 Å². The number of hydrogen-bond acceptors (Lipinski definition) is 2. The Labute approximate surface area is 132 Å². The molecule has 2 saturated carbocycles. The fourth-order valence-corrected chi connectivity index (χ4v) is 5.25. The number of rotatable bonds is 6. The van der Waals surface area contributed by atoms with Crippen molar-refractivity contribution < 1.29 is 0 Å². The summed E-state index contributed by atoms with van der Waals surface area (Å²) in [5.41, 5.74) is 7.12. The summed E-state index contributed by atoms with van der Waals surface area (Å²) in [6, 6.07) is 0.795. The minimum Gasteiger partial charge on any atom is -0.329 e. The molecule has 2 aliphatic carbocycles. The number of nitrogens with zero attached hydrogens (tertiary/aromatic N) is 1. The first-order valence-corrected chi connectivity index (χ1v) is 9.27. The molecule has 0 aromatic rings. The number of nitrogens with two attached hydrogens (primary N) is 1. The molecule has 2 N–H and O–H groups in total. The van der Waals surface area contributed by atoms with Crippen LogP contribution in [0.5, 0.6) is 0 Å². The van der Waals surface area contributed by atoms with Gasteiger partial charge in [-0.2, -0.15) is 0 Å². The van der Waals surface area contributed by atoms with Gasteiger partial charge in [-0.25, -0.2) is 0 Å². The van der Waals surface area contributed by atoms with Gasteiger partial charge >= 0.3 is 0 Å². The largest absolute Gasteiger partial charge is 0.329 e. The molecule has 0 aliphatic heterocycles. The van der Waals surface area contributed by atoms with E-state index in [1.54, 1.807) is 0 Å². The molecule has 2 rings (SSSR count). The molecule has 0 aromatic carbocycles. The van der Waals surface area contributed by atoms with Crippen LogP contribution in [0.25, 0.3) is 0 Å². The zero-order chi connectivity index (χ0) is 15.7. The predicted octanol–water partition coefficient (Wildman–Crippen LogP) is 4.43. The first kappa shape index (κ1) is 17.3. The van der Waals surface area contributed by atoms with Crippen molar-refractivity contribution in [2.24, 2.45) is 23.0 Å². The highest BCUT2D eigenvalue weighted by Gasteiger charge is 2.52. The van der Waals surface area contributed by atoms with Crippen molar-refractivity contribution in [2.45, 2.75) is 91.1 Å². The van der Waals surface area contributed by atoms with Gasteiger partial charge < -0.3 is 5.73 Å². The molecular formula is C19H38N2. The second kappa shape index (κ2) is 6.58. The molecule has 2 atom stereocenters. The third-order valence-corrected chi connectivity index (χ3v) is 6.20. The summed E-state index contributed by atoms with van der Waals surface area (Å²) in [5.74, 6) is 1.51. The summed E-state index contributed by atoms with van der Waals surface area (Å²) in [4.78, 5) is 2.89. The Morgan fingerprint density at radius 2 is 1.81 bits per heavy atom. The van der Waals surface area contributed by atoms with Crippen molar-refractivity contribution in [2.75, 3.05) is 13.1 Å². The summed E-state index contributed by atoms with van der Waals surface area (Å²) < 4.78 is 0. The van der Waals surface area contributed by atoms with E-state index < -0.39 is 0 Å². The third-order valence-electron chi connectivity index (χ3n) is 6.20. The fourth-order valence-electron chi connectivity index (χ4n) is 5.25. The maximum absolute atomic E-state index is 6.41. The van der Waals surface area contributed by atoms with Crippen LogP contribution in [-0.2, 0) is 0 Å². The van der Waals surface area contributed by atoms with Gasteiger partial charge in [0.05, 0.1) is 0 Å². The van der Waals surface area contributed by atoms with Gasteiger partial charge in [-0.05, 0) is 55.9 Å². The quantitative estimate of drug-likeness (QED) is 0.785. The zero-order valence-corrected chi connectivity index (χ0v) is 15.1. The Morgan fingerprint density at radius 1 is 1.19 bits per heavy atom. The van der Waals surface area contributed by atoms with E-state index in [2.05, 4.69) is 39.5 Å². The Kier molecular flexibility index (Phi) is 5.41. The molecule has 0 spiro atoms. The molecule has 2 heteroatoms. The molecule has 2 fully saturated rings. The lowest BCUT2D eigenvalue weighted by molar-refractivity contribution is 0.0167. The molecule has 124 valence electrons. The lowest BCUT2D eigenvalue weighted by Gasteiger charge is -2.48. The van der Waals surface area contributed by atoms with Crippen LogP contribution >= 0.6 is 0 Å². The summed E-state index contributed by atoms with van der Waals surface area (Å²) in [7, 11) is 0. The van der Waals surface area contributed by atoms with Crippen LogP contribution in [0, 0.1) is 17.3 Å². The molecule has 2 aliphatic rings. The second-order valence-corrected chi connectivity index (χ2v) is 9.07. The molecule has 21 heavy (non-hydrogen) atoms. The summed E-state index contributed by atoms with van der Waals surface area (Å²) in [6.07, 6.45) is 9.55. The normalized spacial score (nSPS) is 33.4. The maximum Gasteiger partial charge on any atom is 0.0365 e. The van der Waals surface area contributed by atoms with Crippen LogP contribution in [-0.4, -0.2) is 29.6 Å². The predicted molar refractivity (Wildman–Crippen MR) is 92.4 cm³/mol. The van der Waals surface area contributed by atoms with Crippen LogP contribution < -0.4 is 5.73 Å². The topological polar surface area (TPSA) is 29.3 Å². The Hall–Kier alpha value is -0.0800. The van der Waals surface area contributed by atoms with Gasteiger partial charge in [0.1, 0.15) is 0 Å². The zero-order valence-electron chi connectivity index (χ0n) is 15.1. The smallest absolute Gasteiger partial charge is 0.0365 e. The highest BCUT2D eigenvalue weighted by Crippen LogP contribution is 2.51. The van der Waals surface area contributed by atoms with Gasteiger partial charge in [0.2, 0.25) is 0 Å². The van der Waals surface area contributed by atoms with Crippen molar-refractivity contribution in [1.82, 2.24) is 4.90 Å². The van der Waals surface area contributed by atoms with Crippen molar-refractivity contribution in [3.63, 3.8) is 0 Å². The fraction of sp³-hybridized carbons (Fsp3) is 1.00. The average Bonchev–Trinajstić information content (AvgIpc) is 2.96. The van der Waals surface area contributed by atoms with Crippen molar-refractivity contribution in [1.29, 1.82) is 0 Å². The monoisotopic (exact) mass is 294 g/mol. The Morgan fingerprint density at radius 3 is 2.24 bits per heavy atom. The van der Waals surface area contributed by atoms with Crippen LogP contribution in [0.4, 0.5) is 0 Å². The summed E-state index contributed by atoms with van der Waals surface area (Å²) >= 11 is 0. The van der Waals surface area contributed by atoms with Crippen molar-refractivity contribution >= 4 is 0 Å². The molecule has 0 heterocycles. The van der Waals surface area contributed by atoms with Crippen LogP contribution in [0.2, 0.25) is 0 Å². The Balaban J connectivity index is 2.23. The highest BCUT2D eigenvalue weighted by atomic mass is 15.2. The van der Waals surface area contributed by atoms with Gasteiger partial charge in [0.15, 0.2) is 0 Å². The number of hydrogen-bond donors (Lipinski definition) is 1. The maximum atomic E-state index is 6.41. The minimum atomic E-state index is 0.257. The van der Waals surface area contributed by atoms with Crippen molar-refractivity contribution in [3.05, 3.63) is 0 Å². The standard InChI is InChI=1S/C19H38N2/c1-15(2)10-11-21(17-8-6-7-9-17)19(14-20)13-18(4,5)12-16(19)3/h15-17H,6-14,20H2,1-5H3. The van der Waals surface area contributed by atoms with Crippen LogP contribution in [0.3, 0.4) is 0 Å². The van der Waals surface area contributed by atoms with Crippen LogP contribution in [0.15, 0.2) is 0 Å². The van der Waals surface area contributed by atoms with E-state index in [1.165, 1.54) is 51.5 Å². The van der Waals surface area contributed by atoms with E-state index in [0.717, 1.165) is 24.4 Å². The lowest BCUT2D eigenvalue weighted by Crippen LogP contribution is -2.59. The first-order valence-electron chi connectivity index (χ1n) is 9.27. The molecule has 0 saturated heterocycles. The van der Waals surface area contributed by atoms with E-state index in [-0.39, 0.29) is 5.54 Å². The molecule has 2 unspecified atom stereocenters. The first-order chi connectivity index (χ1) is 9.81. The molecule has 0 radical (unpaired) electrons. The van der Waals surface area contributed by atoms with Gasteiger partial charge in [0, 0.05) is 18.1 Å². The second-order valence-electron chi connectivity index (χ2n) is 9.07. The van der Waals surface area contributed by atoms with Gasteiger partial charge in [0.25, 0.3) is 0 Å². The molecule has 0 amide bonds.